The van der Waals surface area contributed by atoms with Gasteiger partial charge in [-0.25, -0.2) is 4.68 Å². The molecule has 4 aromatic carbocycles. The van der Waals surface area contributed by atoms with Crippen LogP contribution in [0.5, 0.6) is 0 Å². The number of carboxylic acid groups (broad SMARTS) is 1. The van der Waals surface area contributed by atoms with Crippen LogP contribution in [0.3, 0.4) is 0 Å². The number of aromatic nitrogens is 2. The molecule has 3 N–H and O–H groups in total. The van der Waals surface area contributed by atoms with Crippen LogP contribution in [0.1, 0.15) is 37.4 Å². The second kappa shape index (κ2) is 13.9. The Bertz CT molecular complexity index is 1930. The average molecular weight is 665 g/mol. The van der Waals surface area contributed by atoms with Crippen molar-refractivity contribution in [3.63, 3.8) is 0 Å². The van der Waals surface area contributed by atoms with Gasteiger partial charge in [0.2, 0.25) is 0 Å². The van der Waals surface area contributed by atoms with Crippen molar-refractivity contribution in [1.82, 2.24) is 9.78 Å². The van der Waals surface area contributed by atoms with Crippen LogP contribution in [0, 0.1) is 0 Å². The number of hydrogen-bond donors (Lipinski definition) is 3. The normalized spacial score (nSPS) is 11.2. The van der Waals surface area contributed by atoms with Gasteiger partial charge in [0.25, 0.3) is 11.8 Å². The van der Waals surface area contributed by atoms with Crippen molar-refractivity contribution < 1.29 is 32.7 Å². The topological polar surface area (TPSA) is 113 Å². The van der Waals surface area contributed by atoms with Crippen LogP contribution in [-0.4, -0.2) is 32.7 Å². The molecular formula is C33H24ClF3N4O4S. The zero-order valence-corrected chi connectivity index (χ0v) is 25.3. The zero-order valence-electron chi connectivity index (χ0n) is 23.7. The van der Waals surface area contributed by atoms with Crippen molar-refractivity contribution >= 4 is 52.7 Å². The lowest BCUT2D eigenvalue weighted by Gasteiger charge is -2.12. The molecule has 0 aliphatic heterocycles. The highest BCUT2D eigenvalue weighted by Crippen LogP contribution is 2.31. The van der Waals surface area contributed by atoms with Crippen LogP contribution in [0.25, 0.3) is 5.69 Å². The number of carbonyl (C=O) groups excluding carboxylic acids is 2. The van der Waals surface area contributed by atoms with Gasteiger partial charge in [0.15, 0.2) is 5.82 Å². The predicted octanol–water partition coefficient (Wildman–Crippen LogP) is 7.97. The van der Waals surface area contributed by atoms with Crippen molar-refractivity contribution in [3.8, 4) is 5.69 Å². The number of alkyl halides is 3. The molecule has 0 radical (unpaired) electrons. The van der Waals surface area contributed by atoms with Gasteiger partial charge in [0.05, 0.1) is 28.9 Å². The number of thioether (sulfide) groups is 1. The minimum Gasteiger partial charge on any atom is -0.481 e. The molecular weight excluding hydrogens is 641 g/mol. The van der Waals surface area contributed by atoms with Crippen LogP contribution in [0.4, 0.5) is 24.7 Å². The van der Waals surface area contributed by atoms with E-state index >= 15 is 0 Å². The standard InChI is InChI=1S/C33H24ClF3N4O4S/c34-24-10-11-28(27(18-24)32(45)39-29-12-13-41(40-29)25-8-3-7-23(17-25)33(35,36)37)38-31(44)22-6-1-5-21(14-22)19-46-26-9-2-4-20(15-26)16-30(42)43/h1-15,17-18H,16,19H2,(H,38,44)(H,42,43)(H,39,40,45). The predicted molar refractivity (Wildman–Crippen MR) is 170 cm³/mol. The van der Waals surface area contributed by atoms with E-state index in [9.17, 15) is 27.6 Å². The third-order valence-electron chi connectivity index (χ3n) is 6.59. The summed E-state index contributed by atoms with van der Waals surface area (Å²) in [5, 5.41) is 18.8. The monoisotopic (exact) mass is 664 g/mol. The minimum absolute atomic E-state index is 0.0439. The molecule has 0 unspecified atom stereocenters. The van der Waals surface area contributed by atoms with E-state index in [0.29, 0.717) is 16.9 Å². The zero-order chi connectivity index (χ0) is 32.8. The van der Waals surface area contributed by atoms with Gasteiger partial charge < -0.3 is 15.7 Å². The number of hydrogen-bond acceptors (Lipinski definition) is 5. The summed E-state index contributed by atoms with van der Waals surface area (Å²) in [5.74, 6) is -1.44. The number of halogens is 4. The fourth-order valence-electron chi connectivity index (χ4n) is 4.44. The molecule has 0 aliphatic carbocycles. The van der Waals surface area contributed by atoms with Gasteiger partial charge in [-0.1, -0.05) is 41.9 Å². The summed E-state index contributed by atoms with van der Waals surface area (Å²) in [4.78, 5) is 38.4. The molecule has 0 spiro atoms. The lowest BCUT2D eigenvalue weighted by molar-refractivity contribution is -0.138. The number of amides is 2. The second-order valence-electron chi connectivity index (χ2n) is 10.00. The summed E-state index contributed by atoms with van der Waals surface area (Å²) in [5.41, 5.74) is 1.43. The maximum atomic E-state index is 13.2. The minimum atomic E-state index is -4.52. The highest BCUT2D eigenvalue weighted by molar-refractivity contribution is 7.98. The molecule has 8 nitrogen and oxygen atoms in total. The van der Waals surface area contributed by atoms with E-state index < -0.39 is 29.5 Å². The van der Waals surface area contributed by atoms with Crippen molar-refractivity contribution in [1.29, 1.82) is 0 Å². The molecule has 0 saturated carbocycles. The summed E-state index contributed by atoms with van der Waals surface area (Å²) in [6.07, 6.45) is -3.19. The molecule has 5 rings (SSSR count). The summed E-state index contributed by atoms with van der Waals surface area (Å²) in [6, 6.07) is 24.6. The molecule has 2 amide bonds. The van der Waals surface area contributed by atoms with E-state index in [1.165, 1.54) is 59.0 Å². The largest absolute Gasteiger partial charge is 0.481 e. The first kappa shape index (κ1) is 32.3. The van der Waals surface area contributed by atoms with Crippen LogP contribution in [0.15, 0.2) is 108 Å². The Kier molecular flexibility index (Phi) is 9.78. The SMILES string of the molecule is O=C(O)Cc1cccc(SCc2cccc(C(=O)Nc3ccc(Cl)cc3C(=O)Nc3ccn(-c4cccc(C(F)(F)F)c4)n3)c2)c1. The van der Waals surface area contributed by atoms with Gasteiger partial charge in [0.1, 0.15) is 0 Å². The second-order valence-corrected chi connectivity index (χ2v) is 11.5. The van der Waals surface area contributed by atoms with E-state index in [1.54, 1.807) is 30.3 Å². The maximum Gasteiger partial charge on any atom is 0.416 e. The Balaban J connectivity index is 1.27. The average Bonchev–Trinajstić information content (AvgIpc) is 3.49. The Labute approximate surface area is 270 Å². The Morgan fingerprint density at radius 3 is 2.39 bits per heavy atom. The van der Waals surface area contributed by atoms with Gasteiger partial charge >= 0.3 is 12.1 Å². The van der Waals surface area contributed by atoms with Gasteiger partial charge in [-0.15, -0.1) is 11.8 Å². The number of rotatable bonds is 10. The summed E-state index contributed by atoms with van der Waals surface area (Å²) >= 11 is 7.66. The number of benzene rings is 4. The van der Waals surface area contributed by atoms with Crippen molar-refractivity contribution in [2.75, 3.05) is 10.6 Å². The number of carbonyl (C=O) groups is 3. The van der Waals surface area contributed by atoms with E-state index in [-0.39, 0.29) is 34.2 Å². The van der Waals surface area contributed by atoms with Gasteiger partial charge in [0, 0.05) is 33.5 Å². The lowest BCUT2D eigenvalue weighted by atomic mass is 10.1. The molecule has 13 heteroatoms. The van der Waals surface area contributed by atoms with E-state index in [2.05, 4.69) is 15.7 Å². The van der Waals surface area contributed by atoms with E-state index in [0.717, 1.165) is 22.6 Å². The van der Waals surface area contributed by atoms with Crippen LogP contribution >= 0.6 is 23.4 Å². The summed E-state index contributed by atoms with van der Waals surface area (Å²) in [7, 11) is 0. The third-order valence-corrected chi connectivity index (χ3v) is 7.89. The molecule has 5 aromatic rings. The Morgan fingerprint density at radius 1 is 0.848 bits per heavy atom. The number of anilines is 2. The van der Waals surface area contributed by atoms with Crippen molar-refractivity contribution in [3.05, 3.63) is 136 Å². The number of nitrogens with one attached hydrogen (secondary N) is 2. The summed E-state index contributed by atoms with van der Waals surface area (Å²) in [6.45, 7) is 0. The lowest BCUT2D eigenvalue weighted by Crippen LogP contribution is -2.18. The van der Waals surface area contributed by atoms with Crippen LogP contribution in [-0.2, 0) is 23.1 Å². The van der Waals surface area contributed by atoms with E-state index in [4.69, 9.17) is 16.7 Å². The third kappa shape index (κ3) is 8.34. The number of aliphatic carboxylic acids is 1. The molecule has 46 heavy (non-hydrogen) atoms. The quantitative estimate of drug-likeness (QED) is 0.131. The summed E-state index contributed by atoms with van der Waals surface area (Å²) < 4.78 is 40.6. The molecule has 0 bridgehead atoms. The van der Waals surface area contributed by atoms with Gasteiger partial charge in [-0.2, -0.15) is 18.3 Å². The maximum absolute atomic E-state index is 13.2. The molecule has 1 heterocycles. The Morgan fingerprint density at radius 2 is 1.61 bits per heavy atom. The van der Waals surface area contributed by atoms with Crippen molar-refractivity contribution in [2.24, 2.45) is 0 Å². The molecule has 0 saturated heterocycles. The smallest absolute Gasteiger partial charge is 0.416 e. The highest BCUT2D eigenvalue weighted by Gasteiger charge is 2.30. The first-order valence-corrected chi connectivity index (χ1v) is 15.0. The molecule has 234 valence electrons. The number of nitrogens with zero attached hydrogens (tertiary/aromatic N) is 2. The highest BCUT2D eigenvalue weighted by atomic mass is 35.5. The molecule has 1 aromatic heterocycles. The fraction of sp³-hybridized carbons (Fsp3) is 0.0909. The molecule has 0 atom stereocenters. The van der Waals surface area contributed by atoms with E-state index in [1.807, 2.05) is 18.2 Å². The van der Waals surface area contributed by atoms with Crippen LogP contribution in [0.2, 0.25) is 5.02 Å². The molecule has 0 fully saturated rings. The van der Waals surface area contributed by atoms with Gasteiger partial charge in [-0.05, 0) is 71.8 Å². The van der Waals surface area contributed by atoms with Gasteiger partial charge in [-0.3, -0.25) is 14.4 Å². The fourth-order valence-corrected chi connectivity index (χ4v) is 5.53. The Hall–Kier alpha value is -5.07. The number of carboxylic acids is 1. The van der Waals surface area contributed by atoms with Crippen LogP contribution < -0.4 is 10.6 Å². The first-order valence-electron chi connectivity index (χ1n) is 13.6. The van der Waals surface area contributed by atoms with Crippen molar-refractivity contribution in [2.45, 2.75) is 23.2 Å². The molecule has 0 aliphatic rings. The first-order chi connectivity index (χ1) is 21.9.